The largest absolute Gasteiger partial charge is 0.391 e. The van der Waals surface area contributed by atoms with Gasteiger partial charge in [-0.2, -0.15) is 0 Å². The number of anilines is 1. The molecular formula is C11H14N4O4. The molecule has 1 unspecified atom stereocenters. The number of nitrogens with one attached hydrogen (secondary N) is 1. The van der Waals surface area contributed by atoms with Crippen LogP contribution in [0.15, 0.2) is 12.3 Å². The van der Waals surface area contributed by atoms with E-state index in [0.717, 1.165) is 6.20 Å². The third kappa shape index (κ3) is 2.63. The summed E-state index contributed by atoms with van der Waals surface area (Å²) in [7, 11) is 1.59. The van der Waals surface area contributed by atoms with Gasteiger partial charge in [0.25, 0.3) is 11.6 Å². The van der Waals surface area contributed by atoms with Gasteiger partial charge < -0.3 is 15.3 Å². The maximum Gasteiger partial charge on any atom is 0.288 e. The molecule has 0 bridgehead atoms. The van der Waals surface area contributed by atoms with Crippen molar-refractivity contribution >= 4 is 17.4 Å². The van der Waals surface area contributed by atoms with Crippen molar-refractivity contribution in [3.8, 4) is 0 Å². The van der Waals surface area contributed by atoms with Crippen LogP contribution in [0.3, 0.4) is 0 Å². The van der Waals surface area contributed by atoms with Crippen LogP contribution >= 0.6 is 0 Å². The highest BCUT2D eigenvalue weighted by molar-refractivity contribution is 5.99. The van der Waals surface area contributed by atoms with Crippen molar-refractivity contribution in [2.45, 2.75) is 12.5 Å². The van der Waals surface area contributed by atoms with E-state index in [1.54, 1.807) is 7.05 Å². The number of nitro groups is 1. The second-order valence-electron chi connectivity index (χ2n) is 4.29. The molecule has 0 saturated carbocycles. The van der Waals surface area contributed by atoms with Crippen molar-refractivity contribution in [3.63, 3.8) is 0 Å². The number of rotatable bonds is 3. The van der Waals surface area contributed by atoms with Crippen LogP contribution < -0.4 is 5.32 Å². The third-order valence-electron chi connectivity index (χ3n) is 3.00. The maximum atomic E-state index is 12.3. The Morgan fingerprint density at radius 1 is 1.68 bits per heavy atom. The Hall–Kier alpha value is -2.22. The second kappa shape index (κ2) is 5.19. The number of aliphatic hydroxyl groups excluding tert-OH is 1. The summed E-state index contributed by atoms with van der Waals surface area (Å²) in [5, 5.41) is 22.9. The van der Waals surface area contributed by atoms with Crippen molar-refractivity contribution < 1.29 is 14.8 Å². The molecular weight excluding hydrogens is 252 g/mol. The quantitative estimate of drug-likeness (QED) is 0.599. The summed E-state index contributed by atoms with van der Waals surface area (Å²) in [6, 6.07) is 1.20. The minimum absolute atomic E-state index is 0.144. The van der Waals surface area contributed by atoms with E-state index >= 15 is 0 Å². The van der Waals surface area contributed by atoms with Crippen LogP contribution in [0, 0.1) is 10.1 Å². The summed E-state index contributed by atoms with van der Waals surface area (Å²) in [5.41, 5.74) is -0.0899. The number of carbonyl (C=O) groups is 1. The summed E-state index contributed by atoms with van der Waals surface area (Å²) in [5.74, 6) is -0.0749. The van der Waals surface area contributed by atoms with Crippen LogP contribution in [-0.4, -0.2) is 52.1 Å². The standard InChI is InChI=1S/C11H14N4O4/c1-12-10-9(4-7(5-13-10)15(18)19)11(17)14-3-2-8(16)6-14/h4-5,8,16H,2-3,6H2,1H3,(H,12,13). The number of likely N-dealkylation sites (tertiary alicyclic amines) is 1. The minimum Gasteiger partial charge on any atom is -0.391 e. The summed E-state index contributed by atoms with van der Waals surface area (Å²) >= 11 is 0. The molecule has 2 heterocycles. The average molecular weight is 266 g/mol. The Bertz CT molecular complexity index is 519. The Morgan fingerprint density at radius 2 is 2.42 bits per heavy atom. The van der Waals surface area contributed by atoms with E-state index in [0.29, 0.717) is 13.0 Å². The molecule has 1 aromatic heterocycles. The van der Waals surface area contributed by atoms with E-state index in [1.807, 2.05) is 0 Å². The van der Waals surface area contributed by atoms with Gasteiger partial charge in [0.05, 0.1) is 16.6 Å². The molecule has 102 valence electrons. The number of hydrogen-bond donors (Lipinski definition) is 2. The maximum absolute atomic E-state index is 12.3. The molecule has 2 rings (SSSR count). The fourth-order valence-corrected chi connectivity index (χ4v) is 2.01. The molecule has 0 aromatic carbocycles. The van der Waals surface area contributed by atoms with E-state index in [1.165, 1.54) is 11.0 Å². The summed E-state index contributed by atoms with van der Waals surface area (Å²) in [6.45, 7) is 0.677. The van der Waals surface area contributed by atoms with Gasteiger partial charge in [0, 0.05) is 26.2 Å². The zero-order chi connectivity index (χ0) is 14.0. The SMILES string of the molecule is CNc1ncc([N+](=O)[O-])cc1C(=O)N1CCC(O)C1. The number of aromatic nitrogens is 1. The first-order chi connectivity index (χ1) is 9.02. The highest BCUT2D eigenvalue weighted by Gasteiger charge is 2.28. The van der Waals surface area contributed by atoms with Crippen LogP contribution in [0.5, 0.6) is 0 Å². The van der Waals surface area contributed by atoms with E-state index in [4.69, 9.17) is 0 Å². The molecule has 1 aliphatic heterocycles. The molecule has 8 nitrogen and oxygen atoms in total. The highest BCUT2D eigenvalue weighted by atomic mass is 16.6. The van der Waals surface area contributed by atoms with Crippen LogP contribution in [0.1, 0.15) is 16.8 Å². The molecule has 0 radical (unpaired) electrons. The van der Waals surface area contributed by atoms with E-state index in [-0.39, 0.29) is 29.5 Å². The van der Waals surface area contributed by atoms with Crippen molar-refractivity contribution in [1.29, 1.82) is 0 Å². The summed E-state index contributed by atoms with van der Waals surface area (Å²) in [6.07, 6.45) is 1.08. The molecule has 0 aliphatic carbocycles. The summed E-state index contributed by atoms with van der Waals surface area (Å²) in [4.78, 5) is 27.7. The fraction of sp³-hybridized carbons (Fsp3) is 0.455. The summed E-state index contributed by atoms with van der Waals surface area (Å²) < 4.78 is 0. The lowest BCUT2D eigenvalue weighted by atomic mass is 10.2. The molecule has 8 heteroatoms. The van der Waals surface area contributed by atoms with Crippen molar-refractivity contribution in [2.75, 3.05) is 25.5 Å². The minimum atomic E-state index is -0.595. The number of amides is 1. The lowest BCUT2D eigenvalue weighted by Crippen LogP contribution is -2.30. The molecule has 2 N–H and O–H groups in total. The zero-order valence-electron chi connectivity index (χ0n) is 10.4. The normalized spacial score (nSPS) is 18.4. The first-order valence-electron chi connectivity index (χ1n) is 5.82. The number of pyridine rings is 1. The predicted octanol–water partition coefficient (Wildman–Crippen LogP) is 0.238. The van der Waals surface area contributed by atoms with E-state index in [2.05, 4.69) is 10.3 Å². The van der Waals surface area contributed by atoms with Crippen LogP contribution in [-0.2, 0) is 0 Å². The number of hydrogen-bond acceptors (Lipinski definition) is 6. The van der Waals surface area contributed by atoms with Crippen molar-refractivity contribution in [2.24, 2.45) is 0 Å². The molecule has 1 aliphatic rings. The smallest absolute Gasteiger partial charge is 0.288 e. The van der Waals surface area contributed by atoms with Gasteiger partial charge in [0.1, 0.15) is 12.0 Å². The third-order valence-corrected chi connectivity index (χ3v) is 3.00. The number of aliphatic hydroxyl groups is 1. The van der Waals surface area contributed by atoms with Gasteiger partial charge in [-0.3, -0.25) is 14.9 Å². The lowest BCUT2D eigenvalue weighted by Gasteiger charge is -2.16. The van der Waals surface area contributed by atoms with Gasteiger partial charge in [-0.05, 0) is 6.42 Å². The first kappa shape index (κ1) is 13.2. The van der Waals surface area contributed by atoms with Crippen LogP contribution in [0.2, 0.25) is 0 Å². The van der Waals surface area contributed by atoms with Crippen molar-refractivity contribution in [3.05, 3.63) is 27.9 Å². The number of carbonyl (C=O) groups excluding carboxylic acids is 1. The Labute approximate surface area is 109 Å². The van der Waals surface area contributed by atoms with E-state index < -0.39 is 11.0 Å². The topological polar surface area (TPSA) is 109 Å². The number of β-amino-alcohol motifs (C(OH)–C–C–N with tert-alkyl or cyclic N) is 1. The number of nitrogens with zero attached hydrogens (tertiary/aromatic N) is 3. The van der Waals surface area contributed by atoms with Gasteiger partial charge in [-0.25, -0.2) is 4.98 Å². The highest BCUT2D eigenvalue weighted by Crippen LogP contribution is 2.22. The van der Waals surface area contributed by atoms with E-state index in [9.17, 15) is 20.0 Å². The second-order valence-corrected chi connectivity index (χ2v) is 4.29. The van der Waals surface area contributed by atoms with Crippen LogP contribution in [0.25, 0.3) is 0 Å². The van der Waals surface area contributed by atoms with Gasteiger partial charge in [-0.15, -0.1) is 0 Å². The Morgan fingerprint density at radius 3 is 2.95 bits per heavy atom. The van der Waals surface area contributed by atoms with Gasteiger partial charge >= 0.3 is 0 Å². The van der Waals surface area contributed by atoms with Gasteiger partial charge in [-0.1, -0.05) is 0 Å². The average Bonchev–Trinajstić information content (AvgIpc) is 2.83. The van der Waals surface area contributed by atoms with Crippen LogP contribution in [0.4, 0.5) is 11.5 Å². The van der Waals surface area contributed by atoms with Crippen molar-refractivity contribution in [1.82, 2.24) is 9.88 Å². The molecule has 19 heavy (non-hydrogen) atoms. The monoisotopic (exact) mass is 266 g/mol. The zero-order valence-corrected chi connectivity index (χ0v) is 10.4. The molecule has 1 atom stereocenters. The molecule has 1 aromatic rings. The Kier molecular flexibility index (Phi) is 3.61. The fourth-order valence-electron chi connectivity index (χ4n) is 2.01. The van der Waals surface area contributed by atoms with Gasteiger partial charge in [0.15, 0.2) is 0 Å². The molecule has 1 fully saturated rings. The van der Waals surface area contributed by atoms with Gasteiger partial charge in [0.2, 0.25) is 0 Å². The molecule has 1 saturated heterocycles. The lowest BCUT2D eigenvalue weighted by molar-refractivity contribution is -0.385. The molecule has 0 spiro atoms. The Balaban J connectivity index is 2.33. The first-order valence-corrected chi connectivity index (χ1v) is 5.82. The molecule has 1 amide bonds. The predicted molar refractivity (Wildman–Crippen MR) is 67.0 cm³/mol.